The first kappa shape index (κ1) is 18.1. The van der Waals surface area contributed by atoms with Crippen molar-refractivity contribution in [2.75, 3.05) is 13.1 Å². The highest BCUT2D eigenvalue weighted by Gasteiger charge is 2.25. The number of nitrogens with one attached hydrogen (secondary N) is 1. The average molecular weight is 370 g/mol. The van der Waals surface area contributed by atoms with Crippen molar-refractivity contribution >= 4 is 5.91 Å². The summed E-state index contributed by atoms with van der Waals surface area (Å²) in [6, 6.07) is 23.7. The molecular formula is C24H22N2O2. The third-order valence-electron chi connectivity index (χ3n) is 4.79. The van der Waals surface area contributed by atoms with Gasteiger partial charge in [0.2, 0.25) is 0 Å². The Morgan fingerprint density at radius 3 is 2.54 bits per heavy atom. The minimum Gasteiger partial charge on any atom is -0.443 e. The quantitative estimate of drug-likeness (QED) is 0.713. The van der Waals surface area contributed by atoms with Gasteiger partial charge in [-0.3, -0.25) is 9.69 Å². The molecule has 1 amide bonds. The predicted molar refractivity (Wildman–Crippen MR) is 109 cm³/mol. The van der Waals surface area contributed by atoms with Gasteiger partial charge in [0.15, 0.2) is 11.5 Å². The number of rotatable bonds is 4. The van der Waals surface area contributed by atoms with Crippen LogP contribution in [0, 0.1) is 11.8 Å². The third kappa shape index (κ3) is 4.70. The van der Waals surface area contributed by atoms with E-state index in [1.54, 1.807) is 12.1 Å². The molecule has 4 heteroatoms. The maximum Gasteiger partial charge on any atom is 0.287 e. The van der Waals surface area contributed by atoms with Gasteiger partial charge < -0.3 is 9.73 Å². The van der Waals surface area contributed by atoms with Crippen LogP contribution in [-0.4, -0.2) is 29.9 Å². The summed E-state index contributed by atoms with van der Waals surface area (Å²) in [6.45, 7) is 2.74. The first-order chi connectivity index (χ1) is 13.8. The molecule has 2 aromatic carbocycles. The fourth-order valence-electron chi connectivity index (χ4n) is 3.37. The Morgan fingerprint density at radius 1 is 1.00 bits per heavy atom. The van der Waals surface area contributed by atoms with Gasteiger partial charge in [-0.1, -0.05) is 54.5 Å². The largest absolute Gasteiger partial charge is 0.443 e. The molecule has 140 valence electrons. The zero-order chi connectivity index (χ0) is 19.2. The summed E-state index contributed by atoms with van der Waals surface area (Å²) in [5.74, 6) is 6.61. The minimum absolute atomic E-state index is 0.139. The van der Waals surface area contributed by atoms with E-state index >= 15 is 0 Å². The van der Waals surface area contributed by atoms with E-state index in [0.717, 1.165) is 31.6 Å². The molecule has 0 saturated carbocycles. The van der Waals surface area contributed by atoms with Gasteiger partial charge in [0.1, 0.15) is 0 Å². The number of carbonyl (C=O) groups excluding carboxylic acids is 1. The lowest BCUT2D eigenvalue weighted by atomic mass is 10.2. The lowest BCUT2D eigenvalue weighted by Crippen LogP contribution is -2.36. The second-order valence-electron chi connectivity index (χ2n) is 6.96. The van der Waals surface area contributed by atoms with E-state index in [2.05, 4.69) is 46.3 Å². The maximum absolute atomic E-state index is 12.5. The van der Waals surface area contributed by atoms with E-state index in [9.17, 15) is 4.79 Å². The van der Waals surface area contributed by atoms with Gasteiger partial charge in [0, 0.05) is 31.2 Å². The van der Waals surface area contributed by atoms with Crippen LogP contribution in [0.1, 0.15) is 33.9 Å². The molecular weight excluding hydrogens is 348 g/mol. The van der Waals surface area contributed by atoms with Crippen molar-refractivity contribution in [1.82, 2.24) is 10.2 Å². The standard InChI is InChI=1S/C24H22N2O2/c27-24(23-14-13-22(28-23)12-11-19-7-3-1-4-8-19)25-21-15-16-26(18-21)17-20-9-5-2-6-10-20/h1-10,13-14,21H,15-18H2,(H,25,27). The van der Waals surface area contributed by atoms with Crippen LogP contribution in [0.25, 0.3) is 0 Å². The van der Waals surface area contributed by atoms with Gasteiger partial charge in [-0.05, 0) is 42.2 Å². The monoisotopic (exact) mass is 370 g/mol. The van der Waals surface area contributed by atoms with E-state index in [4.69, 9.17) is 4.42 Å². The average Bonchev–Trinajstić information content (AvgIpc) is 3.38. The summed E-state index contributed by atoms with van der Waals surface area (Å²) in [4.78, 5) is 14.8. The van der Waals surface area contributed by atoms with Gasteiger partial charge in [0.05, 0.1) is 0 Å². The molecule has 1 aliphatic heterocycles. The normalized spacial score (nSPS) is 16.4. The molecule has 1 atom stereocenters. The molecule has 0 aliphatic carbocycles. The van der Waals surface area contributed by atoms with Gasteiger partial charge >= 0.3 is 0 Å². The Bertz CT molecular complexity index is 983. The number of benzene rings is 2. The number of nitrogens with zero attached hydrogens (tertiary/aromatic N) is 1. The zero-order valence-corrected chi connectivity index (χ0v) is 15.6. The molecule has 0 radical (unpaired) electrons. The summed E-state index contributed by atoms with van der Waals surface area (Å²) >= 11 is 0. The fraction of sp³-hybridized carbons (Fsp3) is 0.208. The Balaban J connectivity index is 1.31. The molecule has 28 heavy (non-hydrogen) atoms. The highest BCUT2D eigenvalue weighted by Crippen LogP contribution is 2.15. The van der Waals surface area contributed by atoms with Gasteiger partial charge in [-0.15, -0.1) is 0 Å². The topological polar surface area (TPSA) is 45.5 Å². The van der Waals surface area contributed by atoms with Crippen LogP contribution in [0.2, 0.25) is 0 Å². The Morgan fingerprint density at radius 2 is 1.75 bits per heavy atom. The SMILES string of the molecule is O=C(NC1CCN(Cc2ccccc2)C1)c1ccc(C#Cc2ccccc2)o1. The second kappa shape index (κ2) is 8.60. The molecule has 4 nitrogen and oxygen atoms in total. The van der Waals surface area contributed by atoms with E-state index in [0.29, 0.717) is 11.5 Å². The van der Waals surface area contributed by atoms with Crippen molar-refractivity contribution in [1.29, 1.82) is 0 Å². The molecule has 0 bridgehead atoms. The maximum atomic E-state index is 12.5. The summed E-state index contributed by atoms with van der Waals surface area (Å²) < 4.78 is 5.60. The lowest BCUT2D eigenvalue weighted by molar-refractivity contribution is 0.0909. The molecule has 1 aromatic heterocycles. The van der Waals surface area contributed by atoms with Crippen molar-refractivity contribution in [3.8, 4) is 11.8 Å². The summed E-state index contributed by atoms with van der Waals surface area (Å²) in [7, 11) is 0. The number of hydrogen-bond acceptors (Lipinski definition) is 3. The molecule has 1 fully saturated rings. The van der Waals surface area contributed by atoms with Crippen LogP contribution >= 0.6 is 0 Å². The lowest BCUT2D eigenvalue weighted by Gasteiger charge is -2.16. The Hall–Kier alpha value is -3.29. The van der Waals surface area contributed by atoms with Gasteiger partial charge in [-0.25, -0.2) is 0 Å². The van der Waals surface area contributed by atoms with Crippen LogP contribution in [-0.2, 0) is 6.54 Å². The van der Waals surface area contributed by atoms with Gasteiger partial charge in [0.25, 0.3) is 5.91 Å². The van der Waals surface area contributed by atoms with Crippen LogP contribution in [0.3, 0.4) is 0 Å². The predicted octanol–water partition coefficient (Wildman–Crippen LogP) is 3.68. The molecule has 0 spiro atoms. The van der Waals surface area contributed by atoms with Crippen LogP contribution in [0.5, 0.6) is 0 Å². The minimum atomic E-state index is -0.181. The van der Waals surface area contributed by atoms with Crippen molar-refractivity contribution in [3.05, 3.63) is 95.4 Å². The zero-order valence-electron chi connectivity index (χ0n) is 15.6. The summed E-state index contributed by atoms with van der Waals surface area (Å²) in [5.41, 5.74) is 2.21. The van der Waals surface area contributed by atoms with Crippen molar-refractivity contribution < 1.29 is 9.21 Å². The number of amides is 1. The first-order valence-electron chi connectivity index (χ1n) is 9.50. The van der Waals surface area contributed by atoms with E-state index in [-0.39, 0.29) is 11.9 Å². The van der Waals surface area contributed by atoms with Gasteiger partial charge in [-0.2, -0.15) is 0 Å². The van der Waals surface area contributed by atoms with Crippen LogP contribution < -0.4 is 5.32 Å². The molecule has 2 heterocycles. The molecule has 4 rings (SSSR count). The van der Waals surface area contributed by atoms with Crippen LogP contribution in [0.4, 0.5) is 0 Å². The Labute approximate surface area is 165 Å². The number of hydrogen-bond donors (Lipinski definition) is 1. The summed E-state index contributed by atoms with van der Waals surface area (Å²) in [5, 5.41) is 3.08. The molecule has 3 aromatic rings. The number of carbonyl (C=O) groups is 1. The van der Waals surface area contributed by atoms with E-state index < -0.39 is 0 Å². The van der Waals surface area contributed by atoms with E-state index in [1.165, 1.54) is 5.56 Å². The third-order valence-corrected chi connectivity index (χ3v) is 4.79. The molecule has 1 aliphatic rings. The smallest absolute Gasteiger partial charge is 0.287 e. The van der Waals surface area contributed by atoms with Crippen molar-refractivity contribution in [2.24, 2.45) is 0 Å². The highest BCUT2D eigenvalue weighted by atomic mass is 16.3. The van der Waals surface area contributed by atoms with Crippen LogP contribution in [0.15, 0.2) is 77.2 Å². The van der Waals surface area contributed by atoms with Crippen molar-refractivity contribution in [3.63, 3.8) is 0 Å². The highest BCUT2D eigenvalue weighted by molar-refractivity contribution is 5.91. The van der Waals surface area contributed by atoms with E-state index in [1.807, 2.05) is 36.4 Å². The molecule has 1 saturated heterocycles. The molecule has 1 N–H and O–H groups in total. The second-order valence-corrected chi connectivity index (χ2v) is 6.96. The summed E-state index contributed by atoms with van der Waals surface area (Å²) in [6.07, 6.45) is 0.944. The van der Waals surface area contributed by atoms with Crippen molar-refractivity contribution in [2.45, 2.75) is 19.0 Å². The molecule has 1 unspecified atom stereocenters. The fourth-order valence-corrected chi connectivity index (χ4v) is 3.37. The first-order valence-corrected chi connectivity index (χ1v) is 9.50. The number of likely N-dealkylation sites (tertiary alicyclic amines) is 1. The number of furan rings is 1. The Kier molecular flexibility index (Phi) is 5.56.